The predicted octanol–water partition coefficient (Wildman–Crippen LogP) is 1.57. The molecule has 1 saturated heterocycles. The number of halogens is 1. The molecule has 2 aromatic rings. The van der Waals surface area contributed by atoms with Gasteiger partial charge in [0, 0.05) is 35.1 Å². The molecule has 28 heavy (non-hydrogen) atoms. The Bertz CT molecular complexity index is 940. The summed E-state index contributed by atoms with van der Waals surface area (Å²) in [6, 6.07) is 6.56. The van der Waals surface area contributed by atoms with Crippen molar-refractivity contribution in [2.45, 2.75) is 44.0 Å². The maximum Gasteiger partial charge on any atom is 0.200 e. The Balaban J connectivity index is 1.65. The Kier molecular flexibility index (Phi) is 4.98. The minimum absolute atomic E-state index is 0.184. The average molecular weight is 406 g/mol. The van der Waals surface area contributed by atoms with Crippen molar-refractivity contribution < 1.29 is 25.3 Å². The highest BCUT2D eigenvalue weighted by atomic mass is 35.5. The lowest BCUT2D eigenvalue weighted by molar-refractivity contribution is -0.0864. The predicted molar refractivity (Wildman–Crippen MR) is 102 cm³/mol. The van der Waals surface area contributed by atoms with Crippen LogP contribution in [-0.4, -0.2) is 55.5 Å². The molecule has 1 fully saturated rings. The van der Waals surface area contributed by atoms with E-state index in [1.807, 2.05) is 6.92 Å². The van der Waals surface area contributed by atoms with Gasteiger partial charge in [-0.1, -0.05) is 28.9 Å². The number of fused-ring (bicyclic) bond motifs is 1. The van der Waals surface area contributed by atoms with Crippen LogP contribution < -0.4 is 0 Å². The van der Waals surface area contributed by atoms with E-state index in [1.165, 1.54) is 0 Å². The SMILES string of the molecule is Cc1cn([C@@H]2O[C@H]([C@H](O)c3ccc(Cl)cc3)[C@@H](O)[C@H]2O)c2c1/C(=N/O)N=CC2. The molecular formula is C19H20ClN3O5. The largest absolute Gasteiger partial charge is 0.409 e. The highest BCUT2D eigenvalue weighted by Crippen LogP contribution is 2.38. The molecule has 3 heterocycles. The average Bonchev–Trinajstić information content (AvgIpc) is 3.19. The summed E-state index contributed by atoms with van der Waals surface area (Å²) in [5.41, 5.74) is 2.73. The van der Waals surface area contributed by atoms with Crippen molar-refractivity contribution in [3.63, 3.8) is 0 Å². The number of oxime groups is 1. The van der Waals surface area contributed by atoms with E-state index in [0.717, 1.165) is 11.3 Å². The standard InChI is InChI=1S/C19H20ClN3O5/c1-9-8-23(12-6-7-21-18(22-27)13(9)12)19-16(26)15(25)17(28-19)14(24)10-2-4-11(20)5-3-10/h2-5,7-8,14-17,19,24-27H,6H2,1H3/b22-18-/t14-,15+,16-,17-,19-/m1/s1. The second kappa shape index (κ2) is 7.31. The third-order valence-corrected chi connectivity index (χ3v) is 5.47. The van der Waals surface area contributed by atoms with Crippen LogP contribution in [0.5, 0.6) is 0 Å². The van der Waals surface area contributed by atoms with Gasteiger partial charge < -0.3 is 29.8 Å². The molecule has 2 aliphatic rings. The normalized spacial score (nSPS) is 29.2. The zero-order valence-electron chi connectivity index (χ0n) is 15.0. The molecule has 4 N–H and O–H groups in total. The molecule has 2 aliphatic heterocycles. The summed E-state index contributed by atoms with van der Waals surface area (Å²) in [6.45, 7) is 1.83. The molecule has 0 amide bonds. The zero-order valence-corrected chi connectivity index (χ0v) is 15.7. The second-order valence-corrected chi connectivity index (χ2v) is 7.39. The smallest absolute Gasteiger partial charge is 0.200 e. The van der Waals surface area contributed by atoms with Gasteiger partial charge in [-0.2, -0.15) is 0 Å². The number of aliphatic hydroxyl groups is 3. The van der Waals surface area contributed by atoms with Gasteiger partial charge in [0.2, 0.25) is 0 Å². The minimum Gasteiger partial charge on any atom is -0.409 e. The van der Waals surface area contributed by atoms with Gasteiger partial charge >= 0.3 is 0 Å². The number of hydrogen-bond acceptors (Lipinski definition) is 6. The number of aliphatic imine (C=N–C) groups is 1. The molecule has 0 aliphatic carbocycles. The maximum absolute atomic E-state index is 10.7. The van der Waals surface area contributed by atoms with Crippen molar-refractivity contribution >= 4 is 23.7 Å². The quantitative estimate of drug-likeness (QED) is 0.456. The molecule has 148 valence electrons. The molecule has 5 atom stereocenters. The van der Waals surface area contributed by atoms with Crippen LogP contribution in [0.1, 0.15) is 34.7 Å². The zero-order chi connectivity index (χ0) is 20.0. The summed E-state index contributed by atoms with van der Waals surface area (Å²) >= 11 is 5.88. The number of aliphatic hydroxyl groups excluding tert-OH is 3. The van der Waals surface area contributed by atoms with Gasteiger partial charge in [-0.3, -0.25) is 0 Å². The topological polar surface area (TPSA) is 120 Å². The molecule has 9 heteroatoms. The fraction of sp³-hybridized carbons (Fsp3) is 0.368. The van der Waals surface area contributed by atoms with Crippen LogP contribution in [0.2, 0.25) is 5.02 Å². The van der Waals surface area contributed by atoms with E-state index in [4.69, 9.17) is 16.3 Å². The number of ether oxygens (including phenoxy) is 1. The van der Waals surface area contributed by atoms with Crippen molar-refractivity contribution in [3.05, 3.63) is 57.9 Å². The highest BCUT2D eigenvalue weighted by Gasteiger charge is 2.48. The first-order chi connectivity index (χ1) is 13.4. The van der Waals surface area contributed by atoms with E-state index < -0.39 is 30.6 Å². The van der Waals surface area contributed by atoms with E-state index in [-0.39, 0.29) is 5.84 Å². The van der Waals surface area contributed by atoms with Gasteiger partial charge in [-0.05, 0) is 30.2 Å². The Morgan fingerprint density at radius 3 is 2.64 bits per heavy atom. The van der Waals surface area contributed by atoms with Gasteiger partial charge in [-0.25, -0.2) is 4.99 Å². The first-order valence-corrected chi connectivity index (χ1v) is 9.20. The fourth-order valence-electron chi connectivity index (χ4n) is 3.83. The third-order valence-electron chi connectivity index (χ3n) is 5.22. The summed E-state index contributed by atoms with van der Waals surface area (Å²) in [7, 11) is 0. The maximum atomic E-state index is 10.7. The number of rotatable bonds is 3. The van der Waals surface area contributed by atoms with E-state index in [0.29, 0.717) is 22.6 Å². The van der Waals surface area contributed by atoms with Crippen molar-refractivity contribution in [1.82, 2.24) is 4.57 Å². The molecule has 0 unspecified atom stereocenters. The third kappa shape index (κ3) is 3.03. The van der Waals surface area contributed by atoms with Crippen LogP contribution in [0.15, 0.2) is 40.6 Å². The number of nitrogens with zero attached hydrogens (tertiary/aromatic N) is 3. The molecule has 8 nitrogen and oxygen atoms in total. The van der Waals surface area contributed by atoms with E-state index in [1.54, 1.807) is 41.2 Å². The summed E-state index contributed by atoms with van der Waals surface area (Å²) in [5.74, 6) is 0.184. The van der Waals surface area contributed by atoms with Crippen molar-refractivity contribution in [3.8, 4) is 0 Å². The molecule has 0 radical (unpaired) electrons. The van der Waals surface area contributed by atoms with Gasteiger partial charge in [0.15, 0.2) is 12.1 Å². The molecule has 1 aromatic carbocycles. The lowest BCUT2D eigenvalue weighted by Gasteiger charge is -2.22. The van der Waals surface area contributed by atoms with Crippen molar-refractivity contribution in [2.75, 3.05) is 0 Å². The minimum atomic E-state index is -1.29. The number of benzene rings is 1. The van der Waals surface area contributed by atoms with Crippen LogP contribution >= 0.6 is 11.6 Å². The Morgan fingerprint density at radius 2 is 1.96 bits per heavy atom. The summed E-state index contributed by atoms with van der Waals surface area (Å²) in [6.07, 6.45) is -1.81. The van der Waals surface area contributed by atoms with Crippen LogP contribution in [0.25, 0.3) is 0 Å². The van der Waals surface area contributed by atoms with Gasteiger partial charge in [0.1, 0.15) is 24.4 Å². The highest BCUT2D eigenvalue weighted by molar-refractivity contribution is 6.30. The van der Waals surface area contributed by atoms with E-state index in [2.05, 4.69) is 10.1 Å². The number of aryl methyl sites for hydroxylation is 1. The van der Waals surface area contributed by atoms with E-state index >= 15 is 0 Å². The summed E-state index contributed by atoms with van der Waals surface area (Å²) < 4.78 is 7.60. The lowest BCUT2D eigenvalue weighted by Crippen LogP contribution is -2.35. The van der Waals surface area contributed by atoms with Gasteiger partial charge in [0.05, 0.1) is 0 Å². The van der Waals surface area contributed by atoms with Gasteiger partial charge in [0.25, 0.3) is 0 Å². The van der Waals surface area contributed by atoms with Gasteiger partial charge in [-0.15, -0.1) is 0 Å². The van der Waals surface area contributed by atoms with Crippen LogP contribution in [-0.2, 0) is 11.2 Å². The first-order valence-electron chi connectivity index (χ1n) is 8.82. The molecular weight excluding hydrogens is 386 g/mol. The molecule has 4 rings (SSSR count). The molecule has 0 saturated carbocycles. The Labute approximate surface area is 166 Å². The fourth-order valence-corrected chi connectivity index (χ4v) is 3.96. The number of hydrogen-bond donors (Lipinski definition) is 4. The molecule has 0 bridgehead atoms. The summed E-state index contributed by atoms with van der Waals surface area (Å²) in [5, 5.41) is 44.7. The second-order valence-electron chi connectivity index (χ2n) is 6.95. The number of aromatic nitrogens is 1. The van der Waals surface area contributed by atoms with Crippen LogP contribution in [0.3, 0.4) is 0 Å². The summed E-state index contributed by atoms with van der Waals surface area (Å²) in [4.78, 5) is 4.07. The lowest BCUT2D eigenvalue weighted by atomic mass is 9.99. The van der Waals surface area contributed by atoms with E-state index in [9.17, 15) is 20.5 Å². The first kappa shape index (κ1) is 19.1. The van der Waals surface area contributed by atoms with Crippen molar-refractivity contribution in [2.24, 2.45) is 10.1 Å². The van der Waals surface area contributed by atoms with Crippen LogP contribution in [0, 0.1) is 6.92 Å². The van der Waals surface area contributed by atoms with Crippen molar-refractivity contribution in [1.29, 1.82) is 0 Å². The molecule has 1 aromatic heterocycles. The Hall–Kier alpha value is -2.23. The molecule has 0 spiro atoms. The monoisotopic (exact) mass is 405 g/mol. The van der Waals surface area contributed by atoms with Crippen LogP contribution in [0.4, 0.5) is 0 Å². The Morgan fingerprint density at radius 1 is 1.25 bits per heavy atom. The number of amidine groups is 1.